The predicted octanol–water partition coefficient (Wildman–Crippen LogP) is 3.72. The number of anilines is 1. The van der Waals surface area contributed by atoms with Gasteiger partial charge in [0, 0.05) is 31.1 Å². The summed E-state index contributed by atoms with van der Waals surface area (Å²) in [7, 11) is 0. The van der Waals surface area contributed by atoms with Gasteiger partial charge in [-0.3, -0.25) is 4.79 Å². The maximum Gasteiger partial charge on any atom is 0.422 e. The van der Waals surface area contributed by atoms with Crippen LogP contribution in [-0.2, 0) is 4.79 Å². The minimum absolute atomic E-state index is 0.0391. The van der Waals surface area contributed by atoms with Crippen LogP contribution in [0.1, 0.15) is 44.9 Å². The lowest BCUT2D eigenvalue weighted by Crippen LogP contribution is -2.49. The zero-order valence-corrected chi connectivity index (χ0v) is 16.7. The van der Waals surface area contributed by atoms with Gasteiger partial charge in [0.2, 0.25) is 11.8 Å². The Labute approximate surface area is 173 Å². The van der Waals surface area contributed by atoms with Crippen molar-refractivity contribution >= 4 is 17.6 Å². The van der Waals surface area contributed by atoms with Crippen LogP contribution in [0.25, 0.3) is 0 Å². The maximum absolute atomic E-state index is 12.6. The molecule has 0 radical (unpaired) electrons. The summed E-state index contributed by atoms with van der Waals surface area (Å²) in [5.74, 6) is 0.229. The molecule has 3 rings (SSSR count). The first kappa shape index (κ1) is 22.2. The second kappa shape index (κ2) is 9.99. The fraction of sp³-hybridized carbons (Fsp3) is 0.650. The molecule has 0 aromatic carbocycles. The Kier molecular flexibility index (Phi) is 7.38. The quantitative estimate of drug-likeness (QED) is 0.749. The molecule has 0 spiro atoms. The molecule has 3 amide bonds. The highest BCUT2D eigenvalue weighted by Crippen LogP contribution is 2.26. The van der Waals surface area contributed by atoms with Gasteiger partial charge in [-0.25, -0.2) is 9.78 Å². The highest BCUT2D eigenvalue weighted by molar-refractivity contribution is 5.89. The molecule has 1 aromatic heterocycles. The highest BCUT2D eigenvalue weighted by atomic mass is 19.4. The van der Waals surface area contributed by atoms with E-state index in [1.807, 2.05) is 4.90 Å². The molecule has 2 aliphatic rings. The fourth-order valence-electron chi connectivity index (χ4n) is 3.90. The Balaban J connectivity index is 1.39. The van der Waals surface area contributed by atoms with Crippen molar-refractivity contribution in [3.8, 4) is 5.88 Å². The smallest absolute Gasteiger partial charge is 0.422 e. The lowest BCUT2D eigenvalue weighted by molar-refractivity contribution is -0.154. The zero-order chi connectivity index (χ0) is 21.6. The van der Waals surface area contributed by atoms with Gasteiger partial charge in [0.25, 0.3) is 0 Å². The molecule has 1 aliphatic heterocycles. The van der Waals surface area contributed by atoms with E-state index in [1.165, 1.54) is 24.8 Å². The summed E-state index contributed by atoms with van der Waals surface area (Å²) in [6.07, 6.45) is 3.59. The number of rotatable bonds is 5. The Morgan fingerprint density at radius 2 is 1.80 bits per heavy atom. The summed E-state index contributed by atoms with van der Waals surface area (Å²) < 4.78 is 40.9. The summed E-state index contributed by atoms with van der Waals surface area (Å²) in [5, 5.41) is 5.47. The molecule has 2 N–H and O–H groups in total. The van der Waals surface area contributed by atoms with Gasteiger partial charge in [0.15, 0.2) is 6.61 Å². The fourth-order valence-corrected chi connectivity index (χ4v) is 3.90. The number of likely N-dealkylation sites (tertiary alicyclic amines) is 1. The van der Waals surface area contributed by atoms with Gasteiger partial charge in [0.05, 0.1) is 11.9 Å². The van der Waals surface area contributed by atoms with E-state index in [-0.39, 0.29) is 23.7 Å². The van der Waals surface area contributed by atoms with Crippen molar-refractivity contribution in [1.29, 1.82) is 0 Å². The molecule has 7 nitrogen and oxygen atoms in total. The largest absolute Gasteiger partial charge is 0.468 e. The molecule has 1 aliphatic carbocycles. The monoisotopic (exact) mass is 428 g/mol. The Bertz CT molecular complexity index is 713. The van der Waals surface area contributed by atoms with Crippen molar-refractivity contribution in [2.45, 2.75) is 57.2 Å². The van der Waals surface area contributed by atoms with Gasteiger partial charge in [0.1, 0.15) is 0 Å². The van der Waals surface area contributed by atoms with E-state index in [2.05, 4.69) is 20.4 Å². The summed E-state index contributed by atoms with van der Waals surface area (Å²) in [6.45, 7) is -0.157. The van der Waals surface area contributed by atoms with Crippen molar-refractivity contribution in [3.63, 3.8) is 0 Å². The zero-order valence-electron chi connectivity index (χ0n) is 16.7. The standard InChI is InChI=1S/C20H27F3N4O3/c21-20(22,23)13-30-17-7-6-16(12-24-17)26-19(29)25-15-8-10-27(11-9-15)18(28)14-4-2-1-3-5-14/h6-7,12,14-15H,1-5,8-11,13H2,(H2,25,26,29). The number of aromatic nitrogens is 1. The number of ether oxygens (including phenoxy) is 1. The molecule has 1 saturated carbocycles. The van der Waals surface area contributed by atoms with Gasteiger partial charge in [-0.05, 0) is 31.7 Å². The molecule has 10 heteroatoms. The van der Waals surface area contributed by atoms with Crippen LogP contribution in [0.3, 0.4) is 0 Å². The maximum atomic E-state index is 12.6. The van der Waals surface area contributed by atoms with E-state index in [4.69, 9.17) is 0 Å². The van der Waals surface area contributed by atoms with Crippen molar-refractivity contribution in [1.82, 2.24) is 15.2 Å². The summed E-state index contributed by atoms with van der Waals surface area (Å²) in [5.41, 5.74) is 0.344. The molecule has 166 valence electrons. The highest BCUT2D eigenvalue weighted by Gasteiger charge is 2.30. The minimum Gasteiger partial charge on any atom is -0.468 e. The van der Waals surface area contributed by atoms with Crippen LogP contribution in [-0.4, -0.2) is 53.7 Å². The molecule has 2 fully saturated rings. The van der Waals surface area contributed by atoms with Gasteiger partial charge in [-0.2, -0.15) is 13.2 Å². The van der Waals surface area contributed by atoms with E-state index in [1.54, 1.807) is 0 Å². The van der Waals surface area contributed by atoms with Crippen LogP contribution in [0.4, 0.5) is 23.7 Å². The number of piperidine rings is 1. The van der Waals surface area contributed by atoms with Crippen LogP contribution in [0.5, 0.6) is 5.88 Å². The number of carbonyl (C=O) groups excluding carboxylic acids is 2. The van der Waals surface area contributed by atoms with Crippen LogP contribution < -0.4 is 15.4 Å². The molecule has 1 aromatic rings. The van der Waals surface area contributed by atoms with Crippen LogP contribution in [0.2, 0.25) is 0 Å². The lowest BCUT2D eigenvalue weighted by atomic mass is 9.87. The number of pyridine rings is 1. The van der Waals surface area contributed by atoms with Crippen LogP contribution in [0.15, 0.2) is 18.3 Å². The summed E-state index contributed by atoms with van der Waals surface area (Å²) in [6, 6.07) is 2.22. The summed E-state index contributed by atoms with van der Waals surface area (Å²) in [4.78, 5) is 30.4. The topological polar surface area (TPSA) is 83.6 Å². The number of hydrogen-bond acceptors (Lipinski definition) is 4. The van der Waals surface area contributed by atoms with Crippen LogP contribution >= 0.6 is 0 Å². The third-order valence-electron chi connectivity index (χ3n) is 5.47. The third-order valence-corrected chi connectivity index (χ3v) is 5.47. The number of urea groups is 1. The Morgan fingerprint density at radius 3 is 2.40 bits per heavy atom. The van der Waals surface area contributed by atoms with Crippen molar-refractivity contribution in [3.05, 3.63) is 18.3 Å². The van der Waals surface area contributed by atoms with Crippen molar-refractivity contribution in [2.24, 2.45) is 5.92 Å². The number of alkyl halides is 3. The van der Waals surface area contributed by atoms with Gasteiger partial charge < -0.3 is 20.3 Å². The van der Waals surface area contributed by atoms with Gasteiger partial charge in [-0.15, -0.1) is 0 Å². The lowest BCUT2D eigenvalue weighted by Gasteiger charge is -2.35. The van der Waals surface area contributed by atoms with Crippen molar-refractivity contribution < 1.29 is 27.5 Å². The minimum atomic E-state index is -4.44. The predicted molar refractivity (Wildman–Crippen MR) is 104 cm³/mol. The average Bonchev–Trinajstić information content (AvgIpc) is 2.73. The molecule has 0 bridgehead atoms. The first-order chi connectivity index (χ1) is 14.3. The second-order valence-corrected chi connectivity index (χ2v) is 7.82. The second-order valence-electron chi connectivity index (χ2n) is 7.82. The molecule has 30 heavy (non-hydrogen) atoms. The van der Waals surface area contributed by atoms with E-state index >= 15 is 0 Å². The SMILES string of the molecule is O=C(Nc1ccc(OCC(F)(F)F)nc1)NC1CCN(C(=O)C2CCCCC2)CC1. The Hall–Kier alpha value is -2.52. The van der Waals surface area contributed by atoms with Crippen LogP contribution in [0, 0.1) is 5.92 Å². The Morgan fingerprint density at radius 1 is 1.10 bits per heavy atom. The first-order valence-electron chi connectivity index (χ1n) is 10.3. The normalized spacial score (nSPS) is 18.7. The number of halogens is 3. The number of carbonyl (C=O) groups is 2. The molecule has 0 unspecified atom stereocenters. The van der Waals surface area contributed by atoms with E-state index in [0.717, 1.165) is 25.7 Å². The molecule has 2 heterocycles. The number of amides is 3. The molecular weight excluding hydrogens is 401 g/mol. The van der Waals surface area contributed by atoms with E-state index in [0.29, 0.717) is 31.6 Å². The molecule has 0 atom stereocenters. The summed E-state index contributed by atoms with van der Waals surface area (Å²) >= 11 is 0. The first-order valence-corrected chi connectivity index (χ1v) is 10.3. The average molecular weight is 428 g/mol. The van der Waals surface area contributed by atoms with Gasteiger partial charge in [-0.1, -0.05) is 19.3 Å². The van der Waals surface area contributed by atoms with E-state index in [9.17, 15) is 22.8 Å². The van der Waals surface area contributed by atoms with E-state index < -0.39 is 18.8 Å². The van der Waals surface area contributed by atoms with Gasteiger partial charge >= 0.3 is 12.2 Å². The number of hydrogen-bond donors (Lipinski definition) is 2. The molecule has 1 saturated heterocycles. The third kappa shape index (κ3) is 6.77. The number of nitrogens with one attached hydrogen (secondary N) is 2. The molecular formula is C20H27F3N4O3. The van der Waals surface area contributed by atoms with Crippen molar-refractivity contribution in [2.75, 3.05) is 25.0 Å². The number of nitrogens with zero attached hydrogens (tertiary/aromatic N) is 2.